The lowest BCUT2D eigenvalue weighted by Crippen LogP contribution is -2.13. The van der Waals surface area contributed by atoms with Crippen LogP contribution in [0.3, 0.4) is 0 Å². The molecule has 0 aliphatic rings. The van der Waals surface area contributed by atoms with Gasteiger partial charge in [-0.2, -0.15) is 0 Å². The molecular weight excluding hydrogens is 273 g/mol. The highest BCUT2D eigenvalue weighted by Gasteiger charge is 2.11. The van der Waals surface area contributed by atoms with Crippen molar-refractivity contribution in [1.82, 2.24) is 15.5 Å². The lowest BCUT2D eigenvalue weighted by molar-refractivity contribution is 0.631. The van der Waals surface area contributed by atoms with Gasteiger partial charge in [-0.1, -0.05) is 29.9 Å². The molecule has 0 saturated carbocycles. The van der Waals surface area contributed by atoms with Gasteiger partial charge in [0.15, 0.2) is 5.01 Å². The largest absolute Gasteiger partial charge is 0.310 e. The zero-order valence-electron chi connectivity index (χ0n) is 9.91. The SMILES string of the molecule is CCCNCc1nnc(-c2cc(Cl)ccc2F)s1. The lowest BCUT2D eigenvalue weighted by atomic mass is 10.2. The molecule has 0 bridgehead atoms. The fourth-order valence-corrected chi connectivity index (χ4v) is 2.47. The highest BCUT2D eigenvalue weighted by molar-refractivity contribution is 7.14. The lowest BCUT2D eigenvalue weighted by Gasteiger charge is -1.98. The number of nitrogens with one attached hydrogen (secondary N) is 1. The average Bonchev–Trinajstić information content (AvgIpc) is 2.81. The smallest absolute Gasteiger partial charge is 0.150 e. The molecule has 1 aromatic heterocycles. The quantitative estimate of drug-likeness (QED) is 0.855. The van der Waals surface area contributed by atoms with Crippen LogP contribution in [0.15, 0.2) is 18.2 Å². The number of hydrogen-bond donors (Lipinski definition) is 1. The molecule has 0 spiro atoms. The molecule has 1 heterocycles. The van der Waals surface area contributed by atoms with Crippen molar-refractivity contribution in [2.45, 2.75) is 19.9 Å². The van der Waals surface area contributed by atoms with E-state index in [1.54, 1.807) is 6.07 Å². The number of rotatable bonds is 5. The van der Waals surface area contributed by atoms with Gasteiger partial charge in [-0.3, -0.25) is 0 Å². The predicted octanol–water partition coefficient (Wildman–Crippen LogP) is 3.50. The molecule has 0 saturated heterocycles. The molecule has 1 aromatic carbocycles. The third-order valence-corrected chi connectivity index (χ3v) is 3.52. The fraction of sp³-hybridized carbons (Fsp3) is 0.333. The first-order valence-electron chi connectivity index (χ1n) is 5.69. The van der Waals surface area contributed by atoms with E-state index in [2.05, 4.69) is 22.4 Å². The third-order valence-electron chi connectivity index (χ3n) is 2.33. The van der Waals surface area contributed by atoms with E-state index >= 15 is 0 Å². The molecule has 0 fully saturated rings. The second-order valence-corrected chi connectivity index (χ2v) is 5.30. The Hall–Kier alpha value is -1.04. The number of nitrogens with zero attached hydrogens (tertiary/aromatic N) is 2. The second kappa shape index (κ2) is 6.22. The Morgan fingerprint density at radius 3 is 3.00 bits per heavy atom. The summed E-state index contributed by atoms with van der Waals surface area (Å²) in [6, 6.07) is 4.43. The first-order valence-corrected chi connectivity index (χ1v) is 6.88. The normalized spacial score (nSPS) is 10.8. The molecule has 0 radical (unpaired) electrons. The summed E-state index contributed by atoms with van der Waals surface area (Å²) < 4.78 is 13.6. The molecule has 3 nitrogen and oxygen atoms in total. The Kier molecular flexibility index (Phi) is 4.63. The van der Waals surface area contributed by atoms with Crippen molar-refractivity contribution in [3.8, 4) is 10.6 Å². The molecule has 0 atom stereocenters. The van der Waals surface area contributed by atoms with Crippen LogP contribution in [0.1, 0.15) is 18.4 Å². The summed E-state index contributed by atoms with van der Waals surface area (Å²) in [5.41, 5.74) is 0.404. The maximum atomic E-state index is 13.6. The molecule has 0 aliphatic heterocycles. The summed E-state index contributed by atoms with van der Waals surface area (Å²) >= 11 is 7.23. The Bertz CT molecular complexity index is 530. The molecule has 6 heteroatoms. The van der Waals surface area contributed by atoms with E-state index < -0.39 is 0 Å². The molecule has 0 amide bonds. The van der Waals surface area contributed by atoms with Gasteiger partial charge in [0.2, 0.25) is 0 Å². The Morgan fingerprint density at radius 2 is 2.22 bits per heavy atom. The van der Waals surface area contributed by atoms with E-state index in [0.717, 1.165) is 18.0 Å². The molecule has 1 N–H and O–H groups in total. The van der Waals surface area contributed by atoms with Crippen molar-refractivity contribution in [3.63, 3.8) is 0 Å². The standard InChI is InChI=1S/C12H13ClFN3S/c1-2-5-15-7-11-16-17-12(18-11)9-6-8(13)3-4-10(9)14/h3-4,6,15H,2,5,7H2,1H3. The van der Waals surface area contributed by atoms with Gasteiger partial charge in [-0.15, -0.1) is 10.2 Å². The van der Waals surface area contributed by atoms with Gasteiger partial charge >= 0.3 is 0 Å². The van der Waals surface area contributed by atoms with Crippen LogP contribution in [0, 0.1) is 5.82 Å². The highest BCUT2D eigenvalue weighted by atomic mass is 35.5. The van der Waals surface area contributed by atoms with Crippen molar-refractivity contribution >= 4 is 22.9 Å². The minimum Gasteiger partial charge on any atom is -0.310 e. The van der Waals surface area contributed by atoms with Crippen molar-refractivity contribution in [2.75, 3.05) is 6.54 Å². The number of halogens is 2. The maximum absolute atomic E-state index is 13.6. The van der Waals surface area contributed by atoms with Crippen molar-refractivity contribution in [1.29, 1.82) is 0 Å². The van der Waals surface area contributed by atoms with Gasteiger partial charge in [-0.05, 0) is 31.2 Å². The van der Waals surface area contributed by atoms with Crippen LogP contribution < -0.4 is 5.32 Å². The van der Waals surface area contributed by atoms with Crippen LogP contribution in [0.25, 0.3) is 10.6 Å². The van der Waals surface area contributed by atoms with Crippen LogP contribution >= 0.6 is 22.9 Å². The Morgan fingerprint density at radius 1 is 1.39 bits per heavy atom. The van der Waals surface area contributed by atoms with Gasteiger partial charge in [0.1, 0.15) is 10.8 Å². The zero-order valence-corrected chi connectivity index (χ0v) is 11.5. The molecule has 96 valence electrons. The van der Waals surface area contributed by atoms with Gasteiger partial charge < -0.3 is 5.32 Å². The third kappa shape index (κ3) is 3.25. The second-order valence-electron chi connectivity index (χ2n) is 3.80. The van der Waals surface area contributed by atoms with Gasteiger partial charge in [0.25, 0.3) is 0 Å². The van der Waals surface area contributed by atoms with E-state index in [-0.39, 0.29) is 5.82 Å². The highest BCUT2D eigenvalue weighted by Crippen LogP contribution is 2.28. The van der Waals surface area contributed by atoms with Gasteiger partial charge in [-0.25, -0.2) is 4.39 Å². The molecule has 18 heavy (non-hydrogen) atoms. The summed E-state index contributed by atoms with van der Waals surface area (Å²) in [5, 5.41) is 13.2. The van der Waals surface area contributed by atoms with Crippen LogP contribution in [-0.2, 0) is 6.54 Å². The molecule has 2 rings (SSSR count). The van der Waals surface area contributed by atoms with Crippen molar-refractivity contribution in [2.24, 2.45) is 0 Å². The predicted molar refractivity (Wildman–Crippen MR) is 72.3 cm³/mol. The average molecular weight is 286 g/mol. The summed E-state index contributed by atoms with van der Waals surface area (Å²) in [5.74, 6) is -0.330. The summed E-state index contributed by atoms with van der Waals surface area (Å²) in [6.45, 7) is 3.69. The van der Waals surface area contributed by atoms with Crippen LogP contribution in [0.2, 0.25) is 5.02 Å². The first kappa shape index (κ1) is 13.4. The van der Waals surface area contributed by atoms with Crippen molar-refractivity contribution in [3.05, 3.63) is 34.0 Å². The number of hydrogen-bond acceptors (Lipinski definition) is 4. The number of aromatic nitrogens is 2. The molecule has 0 unspecified atom stereocenters. The minimum absolute atomic E-state index is 0.330. The van der Waals surface area contributed by atoms with E-state index in [1.165, 1.54) is 23.5 Å². The van der Waals surface area contributed by atoms with E-state index in [4.69, 9.17) is 11.6 Å². The molecule has 2 aromatic rings. The zero-order chi connectivity index (χ0) is 13.0. The minimum atomic E-state index is -0.330. The first-order chi connectivity index (χ1) is 8.70. The van der Waals surface area contributed by atoms with Crippen molar-refractivity contribution < 1.29 is 4.39 Å². The molecular formula is C12H13ClFN3S. The van der Waals surface area contributed by atoms with Crippen LogP contribution in [0.5, 0.6) is 0 Å². The van der Waals surface area contributed by atoms with Crippen LogP contribution in [-0.4, -0.2) is 16.7 Å². The van der Waals surface area contributed by atoms with Crippen LogP contribution in [0.4, 0.5) is 4.39 Å². The Labute approximate surface area is 114 Å². The Balaban J connectivity index is 2.16. The summed E-state index contributed by atoms with van der Waals surface area (Å²) in [4.78, 5) is 0. The fourth-order valence-electron chi connectivity index (χ4n) is 1.47. The van der Waals surface area contributed by atoms with E-state index in [9.17, 15) is 4.39 Å². The monoisotopic (exact) mass is 285 g/mol. The van der Waals surface area contributed by atoms with E-state index in [1.807, 2.05) is 0 Å². The number of benzene rings is 1. The summed E-state index contributed by atoms with van der Waals surface area (Å²) in [7, 11) is 0. The van der Waals surface area contributed by atoms with Gasteiger partial charge in [0, 0.05) is 17.1 Å². The topological polar surface area (TPSA) is 37.8 Å². The van der Waals surface area contributed by atoms with E-state index in [0.29, 0.717) is 22.1 Å². The maximum Gasteiger partial charge on any atom is 0.150 e. The van der Waals surface area contributed by atoms with Gasteiger partial charge in [0.05, 0.1) is 0 Å². The summed E-state index contributed by atoms with van der Waals surface area (Å²) in [6.07, 6.45) is 1.06. The molecule has 0 aliphatic carbocycles.